The average molecular weight is 419 g/mol. The third kappa shape index (κ3) is 5.63. The molecule has 0 unspecified atom stereocenters. The first kappa shape index (κ1) is 21.4. The number of hydrogen-bond acceptors (Lipinski definition) is 5. The summed E-state index contributed by atoms with van der Waals surface area (Å²) in [5, 5.41) is 2.77. The summed E-state index contributed by atoms with van der Waals surface area (Å²) in [5.74, 6) is -0.327. The maximum absolute atomic E-state index is 12.9. The van der Waals surface area contributed by atoms with Gasteiger partial charge in [0.2, 0.25) is 10.0 Å². The van der Waals surface area contributed by atoms with E-state index in [0.29, 0.717) is 57.2 Å². The summed E-state index contributed by atoms with van der Waals surface area (Å²) in [6.45, 7) is 4.29. The molecule has 2 aromatic carbocycles. The number of aryl methyl sites for hydroxylation is 1. The molecular weight excluding hydrogens is 392 g/mol. The number of nitrogens with zero attached hydrogens (tertiary/aromatic N) is 1. The van der Waals surface area contributed by atoms with Crippen LogP contribution in [0.1, 0.15) is 21.5 Å². The van der Waals surface area contributed by atoms with Gasteiger partial charge in [0.15, 0.2) is 0 Å². The first-order valence-corrected chi connectivity index (χ1v) is 11.0. The lowest BCUT2D eigenvalue weighted by Crippen LogP contribution is -2.41. The molecule has 156 valence electrons. The molecule has 1 amide bonds. The van der Waals surface area contributed by atoms with Crippen LogP contribution in [0, 0.1) is 6.92 Å². The van der Waals surface area contributed by atoms with Crippen molar-refractivity contribution in [2.24, 2.45) is 0 Å². The average Bonchev–Trinajstić information content (AvgIpc) is 2.75. The summed E-state index contributed by atoms with van der Waals surface area (Å²) in [6, 6.07) is 14.5. The van der Waals surface area contributed by atoms with Gasteiger partial charge in [-0.25, -0.2) is 8.42 Å². The van der Waals surface area contributed by atoms with Crippen LogP contribution in [0.2, 0.25) is 0 Å². The number of carbonyl (C=O) groups is 1. The molecule has 0 atom stereocenters. The van der Waals surface area contributed by atoms with E-state index >= 15 is 0 Å². The molecule has 0 aliphatic carbocycles. The molecule has 29 heavy (non-hydrogen) atoms. The number of carbonyl (C=O) groups excluding carboxylic acids is 1. The molecule has 1 fully saturated rings. The third-order valence-corrected chi connectivity index (χ3v) is 6.72. The molecule has 1 heterocycles. The summed E-state index contributed by atoms with van der Waals surface area (Å²) in [6.07, 6.45) is 0. The van der Waals surface area contributed by atoms with Gasteiger partial charge >= 0.3 is 0 Å². The Labute approximate surface area is 171 Å². The molecule has 1 saturated heterocycles. The molecule has 0 radical (unpaired) electrons. The molecular formula is C21H26N2O5S. The zero-order chi connectivity index (χ0) is 20.7. The molecule has 0 spiro atoms. The van der Waals surface area contributed by atoms with Crippen LogP contribution in [0.4, 0.5) is 0 Å². The minimum atomic E-state index is -3.66. The number of hydrogen-bond donors (Lipinski definition) is 1. The second-order valence-corrected chi connectivity index (χ2v) is 8.70. The molecule has 3 rings (SSSR count). The molecule has 1 N–H and O–H groups in total. The zero-order valence-corrected chi connectivity index (χ0v) is 17.3. The molecule has 1 aliphatic heterocycles. The van der Waals surface area contributed by atoms with E-state index in [0.717, 1.165) is 5.56 Å². The fraction of sp³-hybridized carbons (Fsp3) is 0.381. The lowest BCUT2D eigenvalue weighted by molar-refractivity contribution is 0.0730. The maximum atomic E-state index is 12.9. The van der Waals surface area contributed by atoms with Crippen LogP contribution in [0.25, 0.3) is 0 Å². The number of benzene rings is 2. The normalized spacial score (nSPS) is 15.2. The van der Waals surface area contributed by atoms with E-state index in [1.807, 2.05) is 30.3 Å². The standard InChI is InChI=1S/C21H26N2O5S/c1-17-7-8-19(15-20(17)29(25,26)23-10-13-27-14-11-23)21(24)22-9-12-28-16-18-5-3-2-4-6-18/h2-8,15H,9-14,16H2,1H3,(H,22,24). The largest absolute Gasteiger partial charge is 0.379 e. The molecule has 8 heteroatoms. The summed E-state index contributed by atoms with van der Waals surface area (Å²) in [7, 11) is -3.66. The Morgan fingerprint density at radius 3 is 2.59 bits per heavy atom. The van der Waals surface area contributed by atoms with Crippen molar-refractivity contribution in [1.82, 2.24) is 9.62 Å². The van der Waals surface area contributed by atoms with E-state index in [9.17, 15) is 13.2 Å². The van der Waals surface area contributed by atoms with Gasteiger partial charge in [-0.2, -0.15) is 4.31 Å². The lowest BCUT2D eigenvalue weighted by Gasteiger charge is -2.26. The second-order valence-electron chi connectivity index (χ2n) is 6.79. The SMILES string of the molecule is Cc1ccc(C(=O)NCCOCc2ccccc2)cc1S(=O)(=O)N1CCOCC1. The highest BCUT2D eigenvalue weighted by Crippen LogP contribution is 2.22. The van der Waals surface area contributed by atoms with Gasteiger partial charge in [0.05, 0.1) is 31.3 Å². The van der Waals surface area contributed by atoms with Crippen molar-refractivity contribution in [3.05, 3.63) is 65.2 Å². The van der Waals surface area contributed by atoms with E-state index in [2.05, 4.69) is 5.32 Å². The number of rotatable bonds is 8. The monoisotopic (exact) mass is 418 g/mol. The van der Waals surface area contributed by atoms with Crippen LogP contribution in [-0.2, 0) is 26.1 Å². The summed E-state index contributed by atoms with van der Waals surface area (Å²) in [4.78, 5) is 12.6. The number of sulfonamides is 1. The molecule has 1 aliphatic rings. The topological polar surface area (TPSA) is 84.9 Å². The fourth-order valence-corrected chi connectivity index (χ4v) is 4.71. The third-order valence-electron chi connectivity index (χ3n) is 4.68. The van der Waals surface area contributed by atoms with E-state index in [1.165, 1.54) is 10.4 Å². The van der Waals surface area contributed by atoms with E-state index in [4.69, 9.17) is 9.47 Å². The van der Waals surface area contributed by atoms with E-state index in [-0.39, 0.29) is 10.8 Å². The Kier molecular flexibility index (Phi) is 7.38. The van der Waals surface area contributed by atoms with Crippen molar-refractivity contribution in [2.45, 2.75) is 18.4 Å². The number of morpholine rings is 1. The van der Waals surface area contributed by atoms with Gasteiger partial charge in [-0.1, -0.05) is 36.4 Å². The van der Waals surface area contributed by atoms with Gasteiger partial charge in [0, 0.05) is 25.2 Å². The Bertz CT molecular complexity index is 925. The summed E-state index contributed by atoms with van der Waals surface area (Å²) >= 11 is 0. The minimum absolute atomic E-state index is 0.160. The molecule has 0 bridgehead atoms. The highest BCUT2D eigenvalue weighted by atomic mass is 32.2. The van der Waals surface area contributed by atoms with Gasteiger partial charge in [-0.3, -0.25) is 4.79 Å². The van der Waals surface area contributed by atoms with Crippen LogP contribution < -0.4 is 5.32 Å². The van der Waals surface area contributed by atoms with Gasteiger partial charge in [-0.15, -0.1) is 0 Å². The molecule has 2 aromatic rings. The molecule has 7 nitrogen and oxygen atoms in total. The van der Waals surface area contributed by atoms with Crippen LogP contribution in [0.15, 0.2) is 53.4 Å². The van der Waals surface area contributed by atoms with Crippen LogP contribution >= 0.6 is 0 Å². The first-order chi connectivity index (χ1) is 14.0. The Morgan fingerprint density at radius 2 is 1.86 bits per heavy atom. The maximum Gasteiger partial charge on any atom is 0.251 e. The molecule has 0 aromatic heterocycles. The van der Waals surface area contributed by atoms with Gasteiger partial charge in [-0.05, 0) is 30.2 Å². The quantitative estimate of drug-likeness (QED) is 0.663. The van der Waals surface area contributed by atoms with Crippen molar-refractivity contribution >= 4 is 15.9 Å². The number of ether oxygens (including phenoxy) is 2. The van der Waals surface area contributed by atoms with Crippen molar-refractivity contribution in [2.75, 3.05) is 39.5 Å². The lowest BCUT2D eigenvalue weighted by atomic mass is 10.1. The smallest absolute Gasteiger partial charge is 0.251 e. The second kappa shape index (κ2) is 9.98. The highest BCUT2D eigenvalue weighted by Gasteiger charge is 2.28. The summed E-state index contributed by atoms with van der Waals surface area (Å²) < 4.78 is 38.1. The van der Waals surface area contributed by atoms with Crippen molar-refractivity contribution in [3.63, 3.8) is 0 Å². The predicted octanol–water partition coefficient (Wildman–Crippen LogP) is 1.96. The van der Waals surface area contributed by atoms with Crippen molar-refractivity contribution in [1.29, 1.82) is 0 Å². The Balaban J connectivity index is 1.57. The van der Waals surface area contributed by atoms with E-state index < -0.39 is 10.0 Å². The van der Waals surface area contributed by atoms with Gasteiger partial charge in [0.25, 0.3) is 5.91 Å². The zero-order valence-electron chi connectivity index (χ0n) is 16.5. The Morgan fingerprint density at radius 1 is 1.14 bits per heavy atom. The van der Waals surface area contributed by atoms with Crippen molar-refractivity contribution < 1.29 is 22.7 Å². The first-order valence-electron chi connectivity index (χ1n) is 9.57. The predicted molar refractivity (Wildman–Crippen MR) is 109 cm³/mol. The number of amides is 1. The fourth-order valence-electron chi connectivity index (χ4n) is 3.05. The van der Waals surface area contributed by atoms with E-state index in [1.54, 1.807) is 19.1 Å². The van der Waals surface area contributed by atoms with Crippen LogP contribution in [0.5, 0.6) is 0 Å². The minimum Gasteiger partial charge on any atom is -0.379 e. The molecule has 0 saturated carbocycles. The highest BCUT2D eigenvalue weighted by molar-refractivity contribution is 7.89. The van der Waals surface area contributed by atoms with Crippen LogP contribution in [0.3, 0.4) is 0 Å². The summed E-state index contributed by atoms with van der Waals surface area (Å²) in [5.41, 5.74) is 1.99. The van der Waals surface area contributed by atoms with Crippen molar-refractivity contribution in [3.8, 4) is 0 Å². The van der Waals surface area contributed by atoms with Gasteiger partial charge in [0.1, 0.15) is 0 Å². The Hall–Kier alpha value is -2.26. The van der Waals surface area contributed by atoms with Gasteiger partial charge < -0.3 is 14.8 Å². The number of nitrogens with one attached hydrogen (secondary N) is 1. The van der Waals surface area contributed by atoms with Crippen LogP contribution in [-0.4, -0.2) is 58.1 Å².